The van der Waals surface area contributed by atoms with Gasteiger partial charge in [-0.25, -0.2) is 14.2 Å². The highest BCUT2D eigenvalue weighted by atomic mass is 32.1. The molecule has 2 N–H and O–H groups in total. The number of rotatable bonds is 7. The standard InChI is InChI=1S/C23H21FN4O3S2/c1-12(2)20(22(29)30-3)27-21(32)18-11-17(28-31-18)13-5-4-6-15(9-13)25-23-26-16-8-7-14(24)10-19(16)33-23/h4-12,20H,1-3H3,(H,25,26)(H,27,32). The molecule has 0 radical (unpaired) electrons. The number of carbonyl (C=O) groups excluding carboxylic acids is 1. The van der Waals surface area contributed by atoms with Crippen LogP contribution in [0.5, 0.6) is 0 Å². The van der Waals surface area contributed by atoms with Crippen molar-refractivity contribution in [2.75, 3.05) is 12.4 Å². The van der Waals surface area contributed by atoms with Gasteiger partial charge < -0.3 is 19.9 Å². The average molecular weight is 485 g/mol. The molecule has 1 unspecified atom stereocenters. The number of thiazole rings is 1. The number of nitrogens with one attached hydrogen (secondary N) is 2. The molecule has 0 aliphatic rings. The number of carbonyl (C=O) groups is 1. The van der Waals surface area contributed by atoms with Crippen LogP contribution in [0.2, 0.25) is 0 Å². The molecule has 7 nitrogen and oxygen atoms in total. The topological polar surface area (TPSA) is 89.3 Å². The van der Waals surface area contributed by atoms with Crippen LogP contribution in [0.25, 0.3) is 21.5 Å². The Bertz CT molecular complexity index is 1320. The molecule has 2 heterocycles. The molecule has 1 atom stereocenters. The lowest BCUT2D eigenvalue weighted by atomic mass is 10.0. The Kier molecular flexibility index (Phi) is 6.66. The third kappa shape index (κ3) is 5.18. The minimum absolute atomic E-state index is 0.0282. The van der Waals surface area contributed by atoms with Crippen LogP contribution in [0, 0.1) is 11.7 Å². The van der Waals surface area contributed by atoms with Crippen LogP contribution in [0.4, 0.5) is 15.2 Å². The zero-order valence-corrected chi connectivity index (χ0v) is 19.7. The SMILES string of the molecule is COC(=O)C(NC(=S)c1cc(-c2cccc(Nc3nc4ccc(F)cc4s3)c2)no1)C(C)C. The number of hydrogen-bond acceptors (Lipinski definition) is 8. The first-order valence-corrected chi connectivity index (χ1v) is 11.4. The molecular weight excluding hydrogens is 463 g/mol. The maximum absolute atomic E-state index is 13.4. The van der Waals surface area contributed by atoms with Crippen LogP contribution in [0.15, 0.2) is 53.1 Å². The highest BCUT2D eigenvalue weighted by molar-refractivity contribution is 7.80. The molecule has 33 heavy (non-hydrogen) atoms. The van der Waals surface area contributed by atoms with Gasteiger partial charge in [0.2, 0.25) is 0 Å². The van der Waals surface area contributed by atoms with E-state index < -0.39 is 12.0 Å². The van der Waals surface area contributed by atoms with Crippen molar-refractivity contribution in [3.63, 3.8) is 0 Å². The number of fused-ring (bicyclic) bond motifs is 1. The van der Waals surface area contributed by atoms with Gasteiger partial charge in [-0.15, -0.1) is 0 Å². The van der Waals surface area contributed by atoms with E-state index >= 15 is 0 Å². The van der Waals surface area contributed by atoms with Crippen molar-refractivity contribution < 1.29 is 18.4 Å². The van der Waals surface area contributed by atoms with Gasteiger partial charge in [0.15, 0.2) is 10.9 Å². The highest BCUT2D eigenvalue weighted by Gasteiger charge is 2.25. The second-order valence-corrected chi connectivity index (χ2v) is 9.07. The Morgan fingerprint density at radius 1 is 1.21 bits per heavy atom. The van der Waals surface area contributed by atoms with Crippen LogP contribution in [0.3, 0.4) is 0 Å². The van der Waals surface area contributed by atoms with Gasteiger partial charge in [0.1, 0.15) is 22.5 Å². The number of nitrogens with zero attached hydrogens (tertiary/aromatic N) is 2. The van der Waals surface area contributed by atoms with Gasteiger partial charge in [-0.3, -0.25) is 0 Å². The number of halogens is 1. The Hall–Kier alpha value is -3.37. The molecule has 0 aliphatic carbocycles. The van der Waals surface area contributed by atoms with E-state index in [2.05, 4.69) is 20.8 Å². The molecule has 2 aromatic carbocycles. The van der Waals surface area contributed by atoms with Crippen LogP contribution >= 0.6 is 23.6 Å². The second-order valence-electron chi connectivity index (χ2n) is 7.63. The lowest BCUT2D eigenvalue weighted by Crippen LogP contribution is -2.44. The number of benzene rings is 2. The molecule has 0 bridgehead atoms. The van der Waals surface area contributed by atoms with E-state index in [1.165, 1.54) is 30.6 Å². The fraction of sp³-hybridized carbons (Fsp3) is 0.217. The molecular formula is C23H21FN4O3S2. The van der Waals surface area contributed by atoms with Crippen LogP contribution in [-0.4, -0.2) is 34.3 Å². The normalized spacial score (nSPS) is 12.0. The van der Waals surface area contributed by atoms with Gasteiger partial charge in [0.05, 0.1) is 17.3 Å². The summed E-state index contributed by atoms with van der Waals surface area (Å²) in [5.74, 6) is -0.371. The Balaban J connectivity index is 1.50. The molecule has 0 fully saturated rings. The van der Waals surface area contributed by atoms with Crippen molar-refractivity contribution >= 4 is 55.5 Å². The predicted molar refractivity (Wildman–Crippen MR) is 130 cm³/mol. The summed E-state index contributed by atoms with van der Waals surface area (Å²) in [7, 11) is 1.34. The fourth-order valence-corrected chi connectivity index (χ4v) is 4.32. The van der Waals surface area contributed by atoms with Crippen molar-refractivity contribution in [2.24, 2.45) is 5.92 Å². The van der Waals surface area contributed by atoms with Gasteiger partial charge in [0, 0.05) is 17.3 Å². The molecule has 0 aliphatic heterocycles. The maximum atomic E-state index is 13.4. The first-order chi connectivity index (χ1) is 15.8. The predicted octanol–water partition coefficient (Wildman–Crippen LogP) is 5.30. The molecule has 4 rings (SSSR count). The molecule has 0 amide bonds. The Labute approximate surface area is 199 Å². The molecule has 10 heteroatoms. The van der Waals surface area contributed by atoms with Gasteiger partial charge in [-0.05, 0) is 36.2 Å². The lowest BCUT2D eigenvalue weighted by molar-refractivity contribution is -0.143. The largest absolute Gasteiger partial charge is 0.467 e. The number of esters is 1. The monoisotopic (exact) mass is 484 g/mol. The fourth-order valence-electron chi connectivity index (χ4n) is 3.19. The number of hydrogen-bond donors (Lipinski definition) is 2. The van der Waals surface area contributed by atoms with E-state index in [9.17, 15) is 9.18 Å². The van der Waals surface area contributed by atoms with E-state index in [4.69, 9.17) is 21.5 Å². The molecule has 170 valence electrons. The summed E-state index contributed by atoms with van der Waals surface area (Å²) in [4.78, 5) is 16.7. The van der Waals surface area contributed by atoms with Crippen molar-refractivity contribution in [2.45, 2.75) is 19.9 Å². The molecule has 0 spiro atoms. The van der Waals surface area contributed by atoms with Crippen molar-refractivity contribution in [1.82, 2.24) is 15.5 Å². The molecule has 0 saturated heterocycles. The molecule has 0 saturated carbocycles. The number of anilines is 2. The molecule has 2 aromatic heterocycles. The summed E-state index contributed by atoms with van der Waals surface area (Å²) in [5.41, 5.74) is 2.92. The molecule has 4 aromatic rings. The number of methoxy groups -OCH3 is 1. The van der Waals surface area contributed by atoms with Crippen molar-refractivity contribution in [3.8, 4) is 11.3 Å². The van der Waals surface area contributed by atoms with Gasteiger partial charge >= 0.3 is 5.97 Å². The summed E-state index contributed by atoms with van der Waals surface area (Å²) in [6.07, 6.45) is 0. The maximum Gasteiger partial charge on any atom is 0.328 e. The lowest BCUT2D eigenvalue weighted by Gasteiger charge is -2.20. The number of thiocarbonyl (C=S) groups is 1. The van der Waals surface area contributed by atoms with Crippen LogP contribution in [0.1, 0.15) is 19.6 Å². The van der Waals surface area contributed by atoms with Crippen LogP contribution < -0.4 is 10.6 Å². The zero-order chi connectivity index (χ0) is 23.5. The third-order valence-electron chi connectivity index (χ3n) is 4.90. The van der Waals surface area contributed by atoms with Gasteiger partial charge in [0.25, 0.3) is 0 Å². The van der Waals surface area contributed by atoms with E-state index in [0.29, 0.717) is 16.6 Å². The van der Waals surface area contributed by atoms with E-state index in [0.717, 1.165) is 21.5 Å². The first kappa shape index (κ1) is 22.8. The summed E-state index contributed by atoms with van der Waals surface area (Å²) < 4.78 is 24.5. The van der Waals surface area contributed by atoms with Crippen molar-refractivity contribution in [1.29, 1.82) is 0 Å². The minimum atomic E-state index is -0.592. The summed E-state index contributed by atoms with van der Waals surface area (Å²) in [5, 5.41) is 11.0. The summed E-state index contributed by atoms with van der Waals surface area (Å²) in [6, 6.07) is 13.2. The van der Waals surface area contributed by atoms with Gasteiger partial charge in [-0.2, -0.15) is 0 Å². The minimum Gasteiger partial charge on any atom is -0.467 e. The zero-order valence-electron chi connectivity index (χ0n) is 18.1. The average Bonchev–Trinajstić information content (AvgIpc) is 3.43. The van der Waals surface area contributed by atoms with Crippen LogP contribution in [-0.2, 0) is 9.53 Å². The first-order valence-electron chi connectivity index (χ1n) is 10.1. The van der Waals surface area contributed by atoms with E-state index in [1.54, 1.807) is 12.1 Å². The summed E-state index contributed by atoms with van der Waals surface area (Å²) >= 11 is 6.77. The Morgan fingerprint density at radius 3 is 2.79 bits per heavy atom. The number of ether oxygens (including phenoxy) is 1. The third-order valence-corrected chi connectivity index (χ3v) is 6.16. The smallest absolute Gasteiger partial charge is 0.328 e. The second kappa shape index (κ2) is 9.63. The highest BCUT2D eigenvalue weighted by Crippen LogP contribution is 2.30. The van der Waals surface area contributed by atoms with Gasteiger partial charge in [-0.1, -0.05) is 54.7 Å². The summed E-state index contributed by atoms with van der Waals surface area (Å²) in [6.45, 7) is 3.78. The number of aromatic nitrogens is 2. The Morgan fingerprint density at radius 2 is 2.03 bits per heavy atom. The van der Waals surface area contributed by atoms with Crippen molar-refractivity contribution in [3.05, 3.63) is 60.1 Å². The van der Waals surface area contributed by atoms with E-state index in [-0.39, 0.29) is 16.7 Å². The van der Waals surface area contributed by atoms with E-state index in [1.807, 2.05) is 38.1 Å². The quantitative estimate of drug-likeness (QED) is 0.270.